The van der Waals surface area contributed by atoms with Crippen LogP contribution in [0, 0.1) is 0 Å². The van der Waals surface area contributed by atoms with Gasteiger partial charge in [-0.3, -0.25) is 0 Å². The third-order valence-corrected chi connectivity index (χ3v) is 5.90. The minimum absolute atomic E-state index is 0.245. The van der Waals surface area contributed by atoms with Gasteiger partial charge in [0.15, 0.2) is 0 Å². The first-order valence-electron chi connectivity index (χ1n) is 11.4. The highest BCUT2D eigenvalue weighted by atomic mass is 19.4. The zero-order valence-electron chi connectivity index (χ0n) is 19.0. The van der Waals surface area contributed by atoms with E-state index in [9.17, 15) is 13.2 Å². The Labute approximate surface area is 200 Å². The fraction of sp³-hybridized carbons (Fsp3) is 0.269. The van der Waals surface area contributed by atoms with Gasteiger partial charge in [0.05, 0.1) is 11.0 Å². The van der Waals surface area contributed by atoms with Gasteiger partial charge in [0.25, 0.3) is 0 Å². The largest absolute Gasteiger partial charge is 0.573 e. The molecule has 5 rings (SSSR count). The molecule has 35 heavy (non-hydrogen) atoms. The number of halogens is 3. The van der Waals surface area contributed by atoms with Crippen LogP contribution in [0.2, 0.25) is 0 Å². The van der Waals surface area contributed by atoms with Crippen LogP contribution in [0.1, 0.15) is 11.4 Å². The fourth-order valence-corrected chi connectivity index (χ4v) is 4.21. The van der Waals surface area contributed by atoms with E-state index in [1.807, 2.05) is 36.4 Å². The zero-order chi connectivity index (χ0) is 24.3. The molecule has 1 aliphatic rings. The predicted molar refractivity (Wildman–Crippen MR) is 128 cm³/mol. The molecule has 0 unspecified atom stereocenters. The van der Waals surface area contributed by atoms with E-state index in [2.05, 4.69) is 31.7 Å². The summed E-state index contributed by atoms with van der Waals surface area (Å²) >= 11 is 0. The van der Waals surface area contributed by atoms with E-state index in [0.29, 0.717) is 6.54 Å². The molecule has 0 bridgehead atoms. The Morgan fingerprint density at radius 1 is 0.886 bits per heavy atom. The number of hydrogen-bond donors (Lipinski definition) is 1. The molecular weight excluding hydrogens is 457 g/mol. The summed E-state index contributed by atoms with van der Waals surface area (Å²) in [7, 11) is 0. The number of nitrogens with one attached hydrogen (secondary N) is 1. The van der Waals surface area contributed by atoms with Crippen LogP contribution in [-0.2, 0) is 13.2 Å². The van der Waals surface area contributed by atoms with E-state index in [0.717, 1.165) is 60.0 Å². The van der Waals surface area contributed by atoms with Crippen LogP contribution in [-0.4, -0.2) is 42.1 Å². The van der Waals surface area contributed by atoms with E-state index in [-0.39, 0.29) is 12.4 Å². The maximum Gasteiger partial charge on any atom is 0.573 e. The van der Waals surface area contributed by atoms with Gasteiger partial charge in [-0.15, -0.1) is 13.2 Å². The molecule has 1 aliphatic heterocycles. The number of imidazole rings is 1. The molecule has 1 saturated heterocycles. The summed E-state index contributed by atoms with van der Waals surface area (Å²) in [6.07, 6.45) is -4.72. The van der Waals surface area contributed by atoms with Crippen LogP contribution in [0.3, 0.4) is 0 Å². The summed E-state index contributed by atoms with van der Waals surface area (Å²) in [5.74, 6) is 1.23. The fourth-order valence-electron chi connectivity index (χ4n) is 4.21. The molecule has 0 aliphatic carbocycles. The Balaban J connectivity index is 1.46. The molecule has 9 heteroatoms. The van der Waals surface area contributed by atoms with Gasteiger partial charge >= 0.3 is 6.36 Å². The normalized spacial score (nSPS) is 14.3. The lowest BCUT2D eigenvalue weighted by atomic mass is 10.2. The number of alkyl halides is 3. The number of ether oxygens (including phenoxy) is 2. The molecule has 0 amide bonds. The van der Waals surface area contributed by atoms with Crippen molar-refractivity contribution in [1.29, 1.82) is 0 Å². The third-order valence-electron chi connectivity index (χ3n) is 5.90. The van der Waals surface area contributed by atoms with Crippen LogP contribution in [0.4, 0.5) is 18.9 Å². The minimum atomic E-state index is -4.72. The molecule has 1 N–H and O–H groups in total. The van der Waals surface area contributed by atoms with Crippen molar-refractivity contribution in [3.63, 3.8) is 0 Å². The number of aromatic nitrogens is 2. The number of benzene rings is 3. The van der Waals surface area contributed by atoms with Crippen LogP contribution in [0.5, 0.6) is 11.5 Å². The quantitative estimate of drug-likeness (QED) is 0.403. The van der Waals surface area contributed by atoms with Gasteiger partial charge in [-0.1, -0.05) is 30.3 Å². The smallest absolute Gasteiger partial charge is 0.486 e. The first-order valence-corrected chi connectivity index (χ1v) is 11.4. The van der Waals surface area contributed by atoms with E-state index in [1.165, 1.54) is 12.1 Å². The third kappa shape index (κ3) is 5.68. The Hall–Kier alpha value is -3.72. The average molecular weight is 483 g/mol. The van der Waals surface area contributed by atoms with Gasteiger partial charge in [0, 0.05) is 38.4 Å². The van der Waals surface area contributed by atoms with Crippen molar-refractivity contribution < 1.29 is 22.6 Å². The zero-order valence-corrected chi connectivity index (χ0v) is 19.0. The van der Waals surface area contributed by atoms with Gasteiger partial charge in [0.2, 0.25) is 0 Å². The number of para-hydroxylation sites is 1. The molecule has 0 saturated carbocycles. The number of nitrogens with zero attached hydrogens (tertiary/aromatic N) is 3. The number of hydrogen-bond acceptors (Lipinski definition) is 5. The molecule has 182 valence electrons. The lowest BCUT2D eigenvalue weighted by Gasteiger charge is -2.29. The van der Waals surface area contributed by atoms with Gasteiger partial charge in [-0.05, 0) is 48.0 Å². The van der Waals surface area contributed by atoms with Crippen molar-refractivity contribution in [3.05, 3.63) is 84.2 Å². The number of fused-ring (bicyclic) bond motifs is 1. The Morgan fingerprint density at radius 3 is 2.34 bits per heavy atom. The van der Waals surface area contributed by atoms with Crippen molar-refractivity contribution in [3.8, 4) is 11.5 Å². The molecule has 0 spiro atoms. The highest BCUT2D eigenvalue weighted by Gasteiger charge is 2.31. The summed E-state index contributed by atoms with van der Waals surface area (Å²) in [4.78, 5) is 7.14. The standard InChI is InChI=1S/C26H25F3N4O2/c27-26(28,29)35-22-9-6-19(7-10-22)17-33-24-16-20(32-14-12-30-13-15-32)8-11-23(24)31-25(33)18-34-21-4-2-1-3-5-21/h1-11,16,30H,12-15,17-18H2. The number of piperazine rings is 1. The molecule has 4 aromatic rings. The number of anilines is 1. The Bertz CT molecular complexity index is 1270. The minimum Gasteiger partial charge on any atom is -0.486 e. The molecule has 0 radical (unpaired) electrons. The van der Waals surface area contributed by atoms with E-state index in [4.69, 9.17) is 9.72 Å². The molecule has 2 heterocycles. The Morgan fingerprint density at radius 2 is 1.63 bits per heavy atom. The van der Waals surface area contributed by atoms with Gasteiger partial charge in [-0.2, -0.15) is 0 Å². The summed E-state index contributed by atoms with van der Waals surface area (Å²) in [6.45, 7) is 4.40. The topological polar surface area (TPSA) is 51.6 Å². The van der Waals surface area contributed by atoms with E-state index < -0.39 is 6.36 Å². The molecule has 1 aromatic heterocycles. The van der Waals surface area contributed by atoms with Crippen LogP contribution >= 0.6 is 0 Å². The van der Waals surface area contributed by atoms with E-state index in [1.54, 1.807) is 12.1 Å². The van der Waals surface area contributed by atoms with Crippen molar-refractivity contribution >= 4 is 16.7 Å². The van der Waals surface area contributed by atoms with Gasteiger partial charge in [-0.25, -0.2) is 4.98 Å². The van der Waals surface area contributed by atoms with Crippen molar-refractivity contribution in [2.75, 3.05) is 31.1 Å². The Kier molecular flexibility index (Phi) is 6.50. The summed E-state index contributed by atoms with van der Waals surface area (Å²) < 4.78 is 49.6. The van der Waals surface area contributed by atoms with Crippen LogP contribution in [0.25, 0.3) is 11.0 Å². The van der Waals surface area contributed by atoms with Crippen LogP contribution in [0.15, 0.2) is 72.8 Å². The number of rotatable bonds is 7. The molecular formula is C26H25F3N4O2. The highest BCUT2D eigenvalue weighted by Crippen LogP contribution is 2.27. The maximum absolute atomic E-state index is 12.5. The van der Waals surface area contributed by atoms with Crippen LogP contribution < -0.4 is 19.7 Å². The molecule has 6 nitrogen and oxygen atoms in total. The lowest BCUT2D eigenvalue weighted by Crippen LogP contribution is -2.43. The first kappa shape index (κ1) is 23.0. The summed E-state index contributed by atoms with van der Waals surface area (Å²) in [6, 6.07) is 21.6. The van der Waals surface area contributed by atoms with E-state index >= 15 is 0 Å². The molecule has 0 atom stereocenters. The second-order valence-corrected chi connectivity index (χ2v) is 8.32. The lowest BCUT2D eigenvalue weighted by molar-refractivity contribution is -0.274. The van der Waals surface area contributed by atoms with Gasteiger partial charge < -0.3 is 24.3 Å². The first-order chi connectivity index (χ1) is 16.9. The average Bonchev–Trinajstić information content (AvgIpc) is 3.20. The van der Waals surface area contributed by atoms with Crippen molar-refractivity contribution in [1.82, 2.24) is 14.9 Å². The molecule has 1 fully saturated rings. The summed E-state index contributed by atoms with van der Waals surface area (Å²) in [5.41, 5.74) is 3.73. The van der Waals surface area contributed by atoms with Crippen molar-refractivity contribution in [2.24, 2.45) is 0 Å². The predicted octanol–water partition coefficient (Wildman–Crippen LogP) is 4.97. The SMILES string of the molecule is FC(F)(F)Oc1ccc(Cn2c(COc3ccccc3)nc3ccc(N4CCNCC4)cc32)cc1. The monoisotopic (exact) mass is 482 g/mol. The maximum atomic E-state index is 12.5. The van der Waals surface area contributed by atoms with Gasteiger partial charge in [0.1, 0.15) is 23.9 Å². The highest BCUT2D eigenvalue weighted by molar-refractivity contribution is 5.80. The summed E-state index contributed by atoms with van der Waals surface area (Å²) in [5, 5.41) is 3.36. The second kappa shape index (κ2) is 9.87. The second-order valence-electron chi connectivity index (χ2n) is 8.32. The van der Waals surface area contributed by atoms with Crippen molar-refractivity contribution in [2.45, 2.75) is 19.5 Å². The molecule has 3 aromatic carbocycles.